The summed E-state index contributed by atoms with van der Waals surface area (Å²) in [7, 11) is 0. The van der Waals surface area contributed by atoms with Gasteiger partial charge in [-0.3, -0.25) is 0 Å². The maximum Gasteiger partial charge on any atom is 0.274 e. The maximum absolute atomic E-state index is 6.23. The van der Waals surface area contributed by atoms with Gasteiger partial charge in [0.25, 0.3) is 5.19 Å². The average molecular weight is 413 g/mol. The van der Waals surface area contributed by atoms with Crippen molar-refractivity contribution in [2.75, 3.05) is 6.61 Å². The van der Waals surface area contributed by atoms with Gasteiger partial charge >= 0.3 is 0 Å². The summed E-state index contributed by atoms with van der Waals surface area (Å²) in [5.74, 6) is -0.692. The molecule has 2 fully saturated rings. The molecule has 0 aliphatic carbocycles. The summed E-state index contributed by atoms with van der Waals surface area (Å²) in [5.41, 5.74) is 2.03. The second-order valence-electron chi connectivity index (χ2n) is 7.66. The number of aromatic nitrogens is 1. The lowest BCUT2D eigenvalue weighted by molar-refractivity contribution is -0.221. The summed E-state index contributed by atoms with van der Waals surface area (Å²) in [4.78, 5) is 4.52. The highest BCUT2D eigenvalue weighted by Crippen LogP contribution is 2.39. The zero-order valence-corrected chi connectivity index (χ0v) is 17.1. The van der Waals surface area contributed by atoms with Gasteiger partial charge in [-0.05, 0) is 31.5 Å². The number of fused-ring (bicyclic) bond motifs is 2. The molecule has 6 nitrogen and oxygen atoms in total. The zero-order chi connectivity index (χ0) is 19.8. The molecule has 3 heterocycles. The minimum atomic E-state index is -0.692. The third-order valence-electron chi connectivity index (χ3n) is 5.02. The highest BCUT2D eigenvalue weighted by molar-refractivity contribution is 7.20. The molecule has 29 heavy (non-hydrogen) atoms. The predicted molar refractivity (Wildman–Crippen MR) is 109 cm³/mol. The quantitative estimate of drug-likeness (QED) is 0.605. The molecule has 4 atom stereocenters. The predicted octanol–water partition coefficient (Wildman–Crippen LogP) is 4.14. The third kappa shape index (κ3) is 4.01. The van der Waals surface area contributed by atoms with Crippen molar-refractivity contribution in [3.8, 4) is 5.19 Å². The molecule has 2 saturated heterocycles. The van der Waals surface area contributed by atoms with Gasteiger partial charge in [-0.2, -0.15) is 0 Å². The normalized spacial score (nSPS) is 27.9. The van der Waals surface area contributed by atoms with Crippen molar-refractivity contribution in [2.45, 2.75) is 50.8 Å². The smallest absolute Gasteiger partial charge is 0.274 e. The summed E-state index contributed by atoms with van der Waals surface area (Å²) in [6, 6.07) is 18.0. The number of thiazole rings is 1. The topological polar surface area (TPSA) is 59.0 Å². The van der Waals surface area contributed by atoms with Gasteiger partial charge in [0.2, 0.25) is 0 Å². The first-order chi connectivity index (χ1) is 14.1. The molecule has 0 saturated carbocycles. The molecule has 7 heteroatoms. The van der Waals surface area contributed by atoms with E-state index in [1.807, 2.05) is 68.4 Å². The minimum Gasteiger partial charge on any atom is -0.467 e. The van der Waals surface area contributed by atoms with E-state index in [0.29, 0.717) is 18.4 Å². The van der Waals surface area contributed by atoms with Gasteiger partial charge in [0.05, 0.1) is 16.8 Å². The Kier molecular flexibility index (Phi) is 5.01. The van der Waals surface area contributed by atoms with Crippen LogP contribution in [0.4, 0.5) is 0 Å². The van der Waals surface area contributed by atoms with Crippen LogP contribution in [0.1, 0.15) is 19.4 Å². The Morgan fingerprint density at radius 2 is 1.83 bits per heavy atom. The Balaban J connectivity index is 1.29. The average Bonchev–Trinajstić information content (AvgIpc) is 3.35. The number of rotatable bonds is 6. The van der Waals surface area contributed by atoms with Crippen LogP contribution in [0, 0.1) is 0 Å². The summed E-state index contributed by atoms with van der Waals surface area (Å²) in [6.07, 6.45) is -1.36. The van der Waals surface area contributed by atoms with Crippen LogP contribution in [0.2, 0.25) is 0 Å². The Hall–Kier alpha value is -2.03. The van der Waals surface area contributed by atoms with E-state index in [1.54, 1.807) is 0 Å². The number of ether oxygens (including phenoxy) is 5. The number of hydrogen-bond donors (Lipinski definition) is 0. The van der Waals surface area contributed by atoms with Crippen LogP contribution in [0.5, 0.6) is 5.19 Å². The lowest BCUT2D eigenvalue weighted by Gasteiger charge is -2.25. The number of hydrogen-bond acceptors (Lipinski definition) is 7. The van der Waals surface area contributed by atoms with Gasteiger partial charge in [-0.15, -0.1) is 0 Å². The molecular weight excluding hydrogens is 390 g/mol. The molecule has 0 amide bonds. The Labute approximate surface area is 173 Å². The van der Waals surface area contributed by atoms with Crippen molar-refractivity contribution in [2.24, 2.45) is 0 Å². The van der Waals surface area contributed by atoms with E-state index >= 15 is 0 Å². The van der Waals surface area contributed by atoms with Crippen molar-refractivity contribution >= 4 is 21.6 Å². The fourth-order valence-electron chi connectivity index (χ4n) is 3.72. The Morgan fingerprint density at radius 3 is 2.66 bits per heavy atom. The van der Waals surface area contributed by atoms with Crippen LogP contribution in [-0.4, -0.2) is 42.0 Å². The van der Waals surface area contributed by atoms with E-state index in [2.05, 4.69) is 4.98 Å². The van der Waals surface area contributed by atoms with E-state index in [9.17, 15) is 0 Å². The van der Waals surface area contributed by atoms with Gasteiger partial charge in [-0.25, -0.2) is 4.98 Å². The fourth-order valence-corrected chi connectivity index (χ4v) is 4.54. The lowest BCUT2D eigenvalue weighted by atomic mass is 10.1. The van der Waals surface area contributed by atoms with Gasteiger partial charge in [0.1, 0.15) is 24.9 Å². The SMILES string of the molecule is CC1(C)O[C@H]2O[C@H](COc3nc4ccccc4s3)[C@H](OCc3ccccc3)[C@H]2O1. The molecule has 3 aromatic rings. The molecule has 0 bridgehead atoms. The van der Waals surface area contributed by atoms with Crippen molar-refractivity contribution in [3.63, 3.8) is 0 Å². The monoisotopic (exact) mass is 413 g/mol. The first-order valence-electron chi connectivity index (χ1n) is 9.72. The second-order valence-corrected chi connectivity index (χ2v) is 8.66. The number of para-hydroxylation sites is 1. The molecule has 0 N–H and O–H groups in total. The van der Waals surface area contributed by atoms with E-state index < -0.39 is 12.1 Å². The molecule has 5 rings (SSSR count). The summed E-state index contributed by atoms with van der Waals surface area (Å²) >= 11 is 1.52. The second kappa shape index (κ2) is 7.66. The van der Waals surface area contributed by atoms with Crippen LogP contribution in [0.25, 0.3) is 10.2 Å². The number of nitrogens with zero attached hydrogens (tertiary/aromatic N) is 1. The minimum absolute atomic E-state index is 0.294. The van der Waals surface area contributed by atoms with E-state index in [-0.39, 0.29) is 18.3 Å². The summed E-state index contributed by atoms with van der Waals surface area (Å²) in [6.45, 7) is 4.56. The molecule has 0 radical (unpaired) electrons. The van der Waals surface area contributed by atoms with E-state index in [4.69, 9.17) is 23.7 Å². The van der Waals surface area contributed by atoms with Crippen molar-refractivity contribution < 1.29 is 23.7 Å². The van der Waals surface area contributed by atoms with Crippen LogP contribution < -0.4 is 4.74 Å². The Bertz CT molecular complexity index is 943. The Morgan fingerprint density at radius 1 is 1.03 bits per heavy atom. The standard InChI is InChI=1S/C22H23NO5S/c1-22(2)27-19-18(24-12-14-8-4-3-5-9-14)16(26-20(19)28-22)13-25-21-23-15-10-6-7-11-17(15)29-21/h3-11,16,18-20H,12-13H2,1-2H3/t16-,18+,19-,20-/m1/s1. The maximum atomic E-state index is 6.23. The van der Waals surface area contributed by atoms with Crippen LogP contribution in [0.15, 0.2) is 54.6 Å². The fraction of sp³-hybridized carbons (Fsp3) is 0.409. The van der Waals surface area contributed by atoms with Gasteiger partial charge in [0.15, 0.2) is 12.1 Å². The van der Waals surface area contributed by atoms with Crippen LogP contribution in [-0.2, 0) is 25.6 Å². The molecular formula is C22H23NO5S. The lowest BCUT2D eigenvalue weighted by Crippen LogP contribution is -2.39. The molecule has 2 aliphatic heterocycles. The highest BCUT2D eigenvalue weighted by Gasteiger charge is 2.55. The molecule has 0 spiro atoms. The first kappa shape index (κ1) is 19.0. The van der Waals surface area contributed by atoms with Crippen molar-refractivity contribution in [1.29, 1.82) is 0 Å². The van der Waals surface area contributed by atoms with Gasteiger partial charge in [0, 0.05) is 0 Å². The largest absolute Gasteiger partial charge is 0.467 e. The zero-order valence-electron chi connectivity index (χ0n) is 16.3. The highest BCUT2D eigenvalue weighted by atomic mass is 32.1. The van der Waals surface area contributed by atoms with E-state index in [0.717, 1.165) is 15.8 Å². The van der Waals surface area contributed by atoms with Crippen molar-refractivity contribution in [1.82, 2.24) is 4.98 Å². The summed E-state index contributed by atoms with van der Waals surface area (Å²) < 4.78 is 31.3. The van der Waals surface area contributed by atoms with E-state index in [1.165, 1.54) is 11.3 Å². The molecule has 0 unspecified atom stereocenters. The molecule has 152 valence electrons. The molecule has 2 aliphatic rings. The van der Waals surface area contributed by atoms with Crippen LogP contribution >= 0.6 is 11.3 Å². The summed E-state index contributed by atoms with van der Waals surface area (Å²) in [5, 5.41) is 0.621. The first-order valence-corrected chi connectivity index (χ1v) is 10.5. The molecule has 1 aromatic heterocycles. The van der Waals surface area contributed by atoms with Gasteiger partial charge in [-0.1, -0.05) is 53.8 Å². The van der Waals surface area contributed by atoms with Crippen LogP contribution in [0.3, 0.4) is 0 Å². The number of benzene rings is 2. The molecule has 2 aromatic carbocycles. The van der Waals surface area contributed by atoms with Crippen molar-refractivity contribution in [3.05, 3.63) is 60.2 Å². The van der Waals surface area contributed by atoms with Gasteiger partial charge < -0.3 is 23.7 Å². The third-order valence-corrected chi connectivity index (χ3v) is 5.97.